The van der Waals surface area contributed by atoms with Crippen molar-refractivity contribution in [2.24, 2.45) is 0 Å². The highest BCUT2D eigenvalue weighted by molar-refractivity contribution is 8.00. The van der Waals surface area contributed by atoms with E-state index in [2.05, 4.69) is 37.4 Å². The fourth-order valence-corrected chi connectivity index (χ4v) is 5.88. The quantitative estimate of drug-likeness (QED) is 0.712. The molecule has 0 amide bonds. The summed E-state index contributed by atoms with van der Waals surface area (Å²) in [6.45, 7) is 4.59. The lowest BCUT2D eigenvalue weighted by Crippen LogP contribution is -2.31. The molecule has 2 aliphatic heterocycles. The SMILES string of the molecule is CCCC1SCCC1OC1CCSC1CCC. The normalized spacial score (nSPS) is 37.8. The third kappa shape index (κ3) is 3.81. The summed E-state index contributed by atoms with van der Waals surface area (Å²) in [6, 6.07) is 0. The van der Waals surface area contributed by atoms with Crippen LogP contribution in [-0.2, 0) is 4.74 Å². The van der Waals surface area contributed by atoms with Crippen LogP contribution >= 0.6 is 23.5 Å². The smallest absolute Gasteiger partial charge is 0.0705 e. The minimum atomic E-state index is 0.558. The van der Waals surface area contributed by atoms with E-state index < -0.39 is 0 Å². The molecule has 0 N–H and O–H groups in total. The molecule has 0 aromatic heterocycles. The van der Waals surface area contributed by atoms with Crippen LogP contribution in [0.1, 0.15) is 52.4 Å². The predicted octanol–water partition coefficient (Wildman–Crippen LogP) is 4.35. The van der Waals surface area contributed by atoms with E-state index in [1.165, 1.54) is 50.0 Å². The molecule has 4 atom stereocenters. The first-order valence-corrected chi connectivity index (χ1v) is 9.33. The van der Waals surface area contributed by atoms with Gasteiger partial charge in [0, 0.05) is 10.5 Å². The summed E-state index contributed by atoms with van der Waals surface area (Å²) in [7, 11) is 0. The Morgan fingerprint density at radius 3 is 1.76 bits per heavy atom. The van der Waals surface area contributed by atoms with Crippen LogP contribution in [0.15, 0.2) is 0 Å². The van der Waals surface area contributed by atoms with Gasteiger partial charge in [0.1, 0.15) is 0 Å². The summed E-state index contributed by atoms with van der Waals surface area (Å²) >= 11 is 4.28. The molecule has 2 fully saturated rings. The minimum Gasteiger partial charge on any atom is -0.373 e. The zero-order valence-corrected chi connectivity index (χ0v) is 12.8. The number of rotatable bonds is 6. The molecule has 0 aromatic rings. The highest BCUT2D eigenvalue weighted by atomic mass is 32.2. The van der Waals surface area contributed by atoms with Crippen molar-refractivity contribution in [3.05, 3.63) is 0 Å². The average molecular weight is 274 g/mol. The second-order valence-electron chi connectivity index (χ2n) is 5.19. The Labute approximate surface area is 115 Å². The highest BCUT2D eigenvalue weighted by Crippen LogP contribution is 2.38. The van der Waals surface area contributed by atoms with E-state index in [0.29, 0.717) is 12.2 Å². The van der Waals surface area contributed by atoms with Gasteiger partial charge in [0.15, 0.2) is 0 Å². The second kappa shape index (κ2) is 7.30. The Kier molecular flexibility index (Phi) is 6.04. The predicted molar refractivity (Wildman–Crippen MR) is 80.2 cm³/mol. The lowest BCUT2D eigenvalue weighted by atomic mass is 10.1. The Morgan fingerprint density at radius 1 is 0.882 bits per heavy atom. The topological polar surface area (TPSA) is 9.23 Å². The van der Waals surface area contributed by atoms with Crippen LogP contribution in [0, 0.1) is 0 Å². The van der Waals surface area contributed by atoms with Crippen LogP contribution < -0.4 is 0 Å². The van der Waals surface area contributed by atoms with Gasteiger partial charge in [0.05, 0.1) is 12.2 Å². The Hall–Kier alpha value is 0.660. The molecule has 2 saturated heterocycles. The van der Waals surface area contributed by atoms with Crippen LogP contribution in [-0.4, -0.2) is 34.2 Å². The van der Waals surface area contributed by atoms with Crippen LogP contribution in [0.5, 0.6) is 0 Å². The Bertz CT molecular complexity index is 200. The monoisotopic (exact) mass is 274 g/mol. The van der Waals surface area contributed by atoms with Crippen LogP contribution in [0.3, 0.4) is 0 Å². The van der Waals surface area contributed by atoms with Gasteiger partial charge in [0.25, 0.3) is 0 Å². The maximum atomic E-state index is 6.46. The first-order chi connectivity index (χ1) is 8.35. The molecular weight excluding hydrogens is 248 g/mol. The zero-order chi connectivity index (χ0) is 12.1. The fraction of sp³-hybridized carbons (Fsp3) is 1.00. The van der Waals surface area contributed by atoms with Gasteiger partial charge < -0.3 is 4.74 Å². The maximum Gasteiger partial charge on any atom is 0.0705 e. The summed E-state index contributed by atoms with van der Waals surface area (Å²) in [5.74, 6) is 2.63. The molecule has 1 nitrogen and oxygen atoms in total. The molecule has 2 heterocycles. The van der Waals surface area contributed by atoms with Crippen molar-refractivity contribution < 1.29 is 4.74 Å². The Balaban J connectivity index is 1.82. The van der Waals surface area contributed by atoms with E-state index in [9.17, 15) is 0 Å². The van der Waals surface area contributed by atoms with Crippen molar-refractivity contribution in [2.75, 3.05) is 11.5 Å². The van der Waals surface area contributed by atoms with Gasteiger partial charge in [-0.1, -0.05) is 26.7 Å². The molecule has 0 aromatic carbocycles. The average Bonchev–Trinajstić information content (AvgIpc) is 2.92. The van der Waals surface area contributed by atoms with Crippen molar-refractivity contribution in [2.45, 2.75) is 75.1 Å². The third-order valence-electron chi connectivity index (χ3n) is 3.79. The van der Waals surface area contributed by atoms with E-state index in [1.54, 1.807) is 0 Å². The largest absolute Gasteiger partial charge is 0.373 e. The fourth-order valence-electron chi connectivity index (χ4n) is 2.90. The third-order valence-corrected chi connectivity index (χ3v) is 6.67. The van der Waals surface area contributed by atoms with Crippen LogP contribution in [0.25, 0.3) is 0 Å². The lowest BCUT2D eigenvalue weighted by molar-refractivity contribution is -0.0109. The molecule has 0 aliphatic carbocycles. The van der Waals surface area contributed by atoms with Crippen molar-refractivity contribution >= 4 is 23.5 Å². The van der Waals surface area contributed by atoms with Crippen molar-refractivity contribution in [3.63, 3.8) is 0 Å². The summed E-state index contributed by atoms with van der Waals surface area (Å²) in [5, 5.41) is 1.57. The summed E-state index contributed by atoms with van der Waals surface area (Å²) in [5.41, 5.74) is 0. The van der Waals surface area contributed by atoms with Crippen LogP contribution in [0.4, 0.5) is 0 Å². The molecule has 100 valence electrons. The van der Waals surface area contributed by atoms with Gasteiger partial charge in [0.2, 0.25) is 0 Å². The first kappa shape index (κ1) is 14.1. The first-order valence-electron chi connectivity index (χ1n) is 7.23. The van der Waals surface area contributed by atoms with Crippen molar-refractivity contribution in [1.82, 2.24) is 0 Å². The van der Waals surface area contributed by atoms with E-state index in [0.717, 1.165) is 10.5 Å². The van der Waals surface area contributed by atoms with Gasteiger partial charge in [-0.15, -0.1) is 0 Å². The molecule has 0 saturated carbocycles. The summed E-state index contributed by atoms with van der Waals surface area (Å²) < 4.78 is 6.46. The van der Waals surface area contributed by atoms with E-state index >= 15 is 0 Å². The molecule has 2 aliphatic rings. The van der Waals surface area contributed by atoms with Crippen molar-refractivity contribution in [1.29, 1.82) is 0 Å². The molecule has 3 heteroatoms. The van der Waals surface area contributed by atoms with E-state index in [4.69, 9.17) is 4.74 Å². The van der Waals surface area contributed by atoms with Crippen molar-refractivity contribution in [3.8, 4) is 0 Å². The molecule has 17 heavy (non-hydrogen) atoms. The lowest BCUT2D eigenvalue weighted by Gasteiger charge is -2.26. The van der Waals surface area contributed by atoms with Gasteiger partial charge >= 0.3 is 0 Å². The maximum absolute atomic E-state index is 6.46. The number of hydrogen-bond acceptors (Lipinski definition) is 3. The molecular formula is C14H26OS2. The van der Waals surface area contributed by atoms with E-state index in [-0.39, 0.29) is 0 Å². The van der Waals surface area contributed by atoms with Gasteiger partial charge in [-0.3, -0.25) is 0 Å². The molecule has 0 spiro atoms. The zero-order valence-electron chi connectivity index (χ0n) is 11.2. The number of hydrogen-bond donors (Lipinski definition) is 0. The second-order valence-corrected chi connectivity index (χ2v) is 7.88. The standard InChI is InChI=1S/C14H26OS2/c1-3-5-13-11(7-9-16-13)15-12-8-10-17-14(12)6-4-2/h11-14H,3-10H2,1-2H3. The van der Waals surface area contributed by atoms with Gasteiger partial charge in [-0.25, -0.2) is 0 Å². The minimum absolute atomic E-state index is 0.558. The highest BCUT2D eigenvalue weighted by Gasteiger charge is 2.35. The summed E-state index contributed by atoms with van der Waals surface area (Å²) in [6.07, 6.45) is 8.97. The van der Waals surface area contributed by atoms with Crippen LogP contribution in [0.2, 0.25) is 0 Å². The van der Waals surface area contributed by atoms with E-state index in [1.807, 2.05) is 0 Å². The van der Waals surface area contributed by atoms with Gasteiger partial charge in [-0.2, -0.15) is 23.5 Å². The molecule has 0 radical (unpaired) electrons. The van der Waals surface area contributed by atoms with Gasteiger partial charge in [-0.05, 0) is 37.2 Å². The summed E-state index contributed by atoms with van der Waals surface area (Å²) in [4.78, 5) is 0. The Morgan fingerprint density at radius 2 is 1.35 bits per heavy atom. The number of thioether (sulfide) groups is 2. The molecule has 2 rings (SSSR count). The molecule has 0 bridgehead atoms. The number of ether oxygens (including phenoxy) is 1. The molecule has 4 unspecified atom stereocenters.